The summed E-state index contributed by atoms with van der Waals surface area (Å²) in [6.45, 7) is 5.09. The monoisotopic (exact) mass is 221 g/mol. The van der Waals surface area contributed by atoms with Crippen LogP contribution < -0.4 is 11.1 Å². The van der Waals surface area contributed by atoms with Crippen LogP contribution in [0.15, 0.2) is 16.8 Å². The summed E-state index contributed by atoms with van der Waals surface area (Å²) in [4.78, 5) is 4.62. The summed E-state index contributed by atoms with van der Waals surface area (Å²) >= 11 is 0. The number of nitrogens with two attached hydrogens (primary N) is 1. The van der Waals surface area contributed by atoms with Gasteiger partial charge in [-0.05, 0) is 51.5 Å². The molecular formula is C13H23N3. The van der Waals surface area contributed by atoms with Crippen molar-refractivity contribution in [3.05, 3.63) is 11.8 Å². The normalized spacial score (nSPS) is 22.9. The molecule has 2 fully saturated rings. The first-order valence-corrected chi connectivity index (χ1v) is 6.42. The van der Waals surface area contributed by atoms with Crippen LogP contribution >= 0.6 is 0 Å². The van der Waals surface area contributed by atoms with Crippen LogP contribution in [0.2, 0.25) is 0 Å². The molecule has 0 spiro atoms. The van der Waals surface area contributed by atoms with Crippen molar-refractivity contribution in [1.82, 2.24) is 5.32 Å². The maximum Gasteiger partial charge on any atom is 0.0506 e. The number of allylic oxidation sites excluding steroid dienone is 1. The molecule has 90 valence electrons. The van der Waals surface area contributed by atoms with Gasteiger partial charge in [-0.1, -0.05) is 0 Å². The van der Waals surface area contributed by atoms with Crippen LogP contribution in [0.3, 0.4) is 0 Å². The Balaban J connectivity index is 1.91. The van der Waals surface area contributed by atoms with E-state index in [-0.39, 0.29) is 0 Å². The molecule has 2 aliphatic rings. The van der Waals surface area contributed by atoms with E-state index in [0.717, 1.165) is 24.0 Å². The first kappa shape index (κ1) is 11.6. The van der Waals surface area contributed by atoms with E-state index in [1.807, 2.05) is 0 Å². The number of nitrogens with zero attached hydrogens (tertiary/aromatic N) is 1. The summed E-state index contributed by atoms with van der Waals surface area (Å²) in [5.74, 6) is 0.637. The minimum Gasteiger partial charge on any atom is -0.402 e. The number of hydrogen-bond acceptors (Lipinski definition) is 3. The fraction of sp³-hybridized carbons (Fsp3) is 0.769. The summed E-state index contributed by atoms with van der Waals surface area (Å²) in [5, 5.41) is 3.50. The molecule has 3 nitrogen and oxygen atoms in total. The zero-order valence-electron chi connectivity index (χ0n) is 10.4. The Hall–Kier alpha value is -0.830. The molecular weight excluding hydrogens is 198 g/mol. The Labute approximate surface area is 98.2 Å². The van der Waals surface area contributed by atoms with Gasteiger partial charge in [-0.3, -0.25) is 4.99 Å². The van der Waals surface area contributed by atoms with Gasteiger partial charge in [0.2, 0.25) is 0 Å². The molecule has 0 aliphatic heterocycles. The Morgan fingerprint density at radius 2 is 2.06 bits per heavy atom. The Bertz CT molecular complexity index is 296. The highest BCUT2D eigenvalue weighted by molar-refractivity contribution is 5.97. The molecule has 3 heteroatoms. The maximum absolute atomic E-state index is 6.03. The molecule has 16 heavy (non-hydrogen) atoms. The number of hydrogen-bond donors (Lipinski definition) is 2. The lowest BCUT2D eigenvalue weighted by Gasteiger charge is -2.07. The van der Waals surface area contributed by atoms with Crippen LogP contribution in [0.4, 0.5) is 0 Å². The molecule has 0 aromatic heterocycles. The van der Waals surface area contributed by atoms with Gasteiger partial charge in [-0.25, -0.2) is 0 Å². The third-order valence-electron chi connectivity index (χ3n) is 2.96. The Morgan fingerprint density at radius 1 is 1.38 bits per heavy atom. The van der Waals surface area contributed by atoms with Crippen LogP contribution in [0.1, 0.15) is 39.5 Å². The second-order valence-corrected chi connectivity index (χ2v) is 5.29. The van der Waals surface area contributed by atoms with Crippen molar-refractivity contribution in [2.45, 2.75) is 51.6 Å². The third-order valence-corrected chi connectivity index (χ3v) is 2.96. The summed E-state index contributed by atoms with van der Waals surface area (Å²) in [7, 11) is 0. The first-order valence-electron chi connectivity index (χ1n) is 6.42. The first-order chi connectivity index (χ1) is 7.65. The Kier molecular flexibility index (Phi) is 3.64. The second-order valence-electron chi connectivity index (χ2n) is 5.29. The molecule has 0 radical (unpaired) electrons. The molecule has 0 unspecified atom stereocenters. The van der Waals surface area contributed by atoms with E-state index in [9.17, 15) is 0 Å². The van der Waals surface area contributed by atoms with Gasteiger partial charge in [-0.15, -0.1) is 0 Å². The quantitative estimate of drug-likeness (QED) is 0.672. The average Bonchev–Trinajstić information content (AvgIpc) is 3.04. The molecule has 3 N–H and O–H groups in total. The highest BCUT2D eigenvalue weighted by Crippen LogP contribution is 2.33. The summed E-state index contributed by atoms with van der Waals surface area (Å²) in [5.41, 5.74) is 8.17. The standard InChI is InChI=1S/C13H23N3/c1-9(2)16-12(8-15-11-5-6-11)7-13(14)10-3-4-10/h7,9-11,15H,3-6,8,14H2,1-2H3. The predicted molar refractivity (Wildman–Crippen MR) is 68.6 cm³/mol. The van der Waals surface area contributed by atoms with Gasteiger partial charge < -0.3 is 11.1 Å². The third kappa shape index (κ3) is 3.97. The molecule has 0 aromatic carbocycles. The van der Waals surface area contributed by atoms with Crippen molar-refractivity contribution in [2.24, 2.45) is 16.6 Å². The van der Waals surface area contributed by atoms with Gasteiger partial charge in [0.1, 0.15) is 0 Å². The van der Waals surface area contributed by atoms with Gasteiger partial charge in [0.25, 0.3) is 0 Å². The molecule has 0 bridgehead atoms. The van der Waals surface area contributed by atoms with E-state index < -0.39 is 0 Å². The zero-order valence-corrected chi connectivity index (χ0v) is 10.4. The largest absolute Gasteiger partial charge is 0.402 e. The van der Waals surface area contributed by atoms with Crippen molar-refractivity contribution >= 4 is 5.71 Å². The highest BCUT2D eigenvalue weighted by Gasteiger charge is 2.25. The van der Waals surface area contributed by atoms with Gasteiger partial charge in [0.15, 0.2) is 0 Å². The highest BCUT2D eigenvalue weighted by atomic mass is 15.0. The van der Waals surface area contributed by atoms with Crippen molar-refractivity contribution in [1.29, 1.82) is 0 Å². The topological polar surface area (TPSA) is 50.4 Å². The average molecular weight is 221 g/mol. The van der Waals surface area contributed by atoms with Gasteiger partial charge in [0.05, 0.1) is 5.71 Å². The lowest BCUT2D eigenvalue weighted by molar-refractivity contribution is 0.758. The van der Waals surface area contributed by atoms with Gasteiger partial charge >= 0.3 is 0 Å². The van der Waals surface area contributed by atoms with Crippen LogP contribution in [0.25, 0.3) is 0 Å². The van der Waals surface area contributed by atoms with E-state index in [1.165, 1.54) is 25.7 Å². The SMILES string of the molecule is CC(C)N=C(C=C(N)C1CC1)CNC1CC1. The molecule has 0 aromatic rings. The van der Waals surface area contributed by atoms with E-state index in [1.54, 1.807) is 0 Å². The number of nitrogens with one attached hydrogen (secondary N) is 1. The second kappa shape index (κ2) is 5.00. The maximum atomic E-state index is 6.03. The van der Waals surface area contributed by atoms with E-state index in [0.29, 0.717) is 12.0 Å². The summed E-state index contributed by atoms with van der Waals surface area (Å²) in [6.07, 6.45) is 7.24. The van der Waals surface area contributed by atoms with Gasteiger partial charge in [0, 0.05) is 24.3 Å². The van der Waals surface area contributed by atoms with Crippen LogP contribution in [0.5, 0.6) is 0 Å². The van der Waals surface area contributed by atoms with Gasteiger partial charge in [-0.2, -0.15) is 0 Å². The predicted octanol–water partition coefficient (Wildman–Crippen LogP) is 1.84. The minimum absolute atomic E-state index is 0.347. The number of rotatable bonds is 6. The van der Waals surface area contributed by atoms with E-state index >= 15 is 0 Å². The molecule has 0 amide bonds. The molecule has 2 saturated carbocycles. The van der Waals surface area contributed by atoms with Crippen molar-refractivity contribution in [2.75, 3.05) is 6.54 Å². The lowest BCUT2D eigenvalue weighted by Crippen LogP contribution is -2.25. The van der Waals surface area contributed by atoms with E-state index in [4.69, 9.17) is 5.73 Å². The molecule has 0 atom stereocenters. The van der Waals surface area contributed by atoms with Crippen molar-refractivity contribution in [3.8, 4) is 0 Å². The van der Waals surface area contributed by atoms with E-state index in [2.05, 4.69) is 30.2 Å². The number of aliphatic imine (C=N–C) groups is 1. The van der Waals surface area contributed by atoms with Crippen molar-refractivity contribution in [3.63, 3.8) is 0 Å². The lowest BCUT2D eigenvalue weighted by atomic mass is 10.2. The summed E-state index contributed by atoms with van der Waals surface area (Å²) < 4.78 is 0. The molecule has 0 heterocycles. The smallest absolute Gasteiger partial charge is 0.0506 e. The molecule has 2 aliphatic carbocycles. The fourth-order valence-electron chi connectivity index (χ4n) is 1.73. The molecule has 0 saturated heterocycles. The van der Waals surface area contributed by atoms with Crippen molar-refractivity contribution < 1.29 is 0 Å². The van der Waals surface area contributed by atoms with Crippen LogP contribution in [-0.2, 0) is 0 Å². The minimum atomic E-state index is 0.347. The zero-order chi connectivity index (χ0) is 11.5. The molecule has 2 rings (SSSR count). The summed E-state index contributed by atoms with van der Waals surface area (Å²) in [6, 6.07) is 1.08. The van der Waals surface area contributed by atoms with Crippen LogP contribution in [0, 0.1) is 5.92 Å². The fourth-order valence-corrected chi connectivity index (χ4v) is 1.73. The van der Waals surface area contributed by atoms with Crippen LogP contribution in [-0.4, -0.2) is 24.3 Å². The Morgan fingerprint density at radius 3 is 2.56 bits per heavy atom.